The number of hydrogen-bond donors (Lipinski definition) is 3. The van der Waals surface area contributed by atoms with Crippen molar-refractivity contribution in [2.24, 2.45) is 22.2 Å². The van der Waals surface area contributed by atoms with Crippen LogP contribution in [0.3, 0.4) is 0 Å². The van der Waals surface area contributed by atoms with Gasteiger partial charge in [-0.05, 0) is 48.9 Å². The maximum Gasteiger partial charge on any atom is 0.239 e. The molecule has 33 heavy (non-hydrogen) atoms. The molecule has 2 atom stereocenters. The van der Waals surface area contributed by atoms with E-state index in [1.807, 2.05) is 35.2 Å². The Balaban J connectivity index is 1.59. The average molecular weight is 471 g/mol. The summed E-state index contributed by atoms with van der Waals surface area (Å²) in [5.74, 6) is 0.117. The molecule has 1 saturated heterocycles. The molecule has 0 spiro atoms. The molecule has 0 aliphatic carbocycles. The molecule has 178 valence electrons. The number of guanidine groups is 1. The molecular weight excluding hydrogens is 436 g/mol. The van der Waals surface area contributed by atoms with Crippen LogP contribution in [0.2, 0.25) is 5.02 Å². The quantitative estimate of drug-likeness (QED) is 0.279. The molecule has 1 fully saturated rings. The molecule has 2 aromatic rings. The van der Waals surface area contributed by atoms with Gasteiger partial charge in [0.15, 0.2) is 5.96 Å². The van der Waals surface area contributed by atoms with Crippen LogP contribution in [0.4, 0.5) is 0 Å². The number of amides is 1. The van der Waals surface area contributed by atoms with Crippen LogP contribution >= 0.6 is 11.6 Å². The number of carbonyl (C=O) groups excluding carboxylic acids is 1. The fourth-order valence-electron chi connectivity index (χ4n) is 4.31. The molecule has 7 nitrogen and oxygen atoms in total. The predicted molar refractivity (Wildman–Crippen MR) is 135 cm³/mol. The molecule has 2 aromatic carbocycles. The van der Waals surface area contributed by atoms with Gasteiger partial charge >= 0.3 is 0 Å². The summed E-state index contributed by atoms with van der Waals surface area (Å²) in [6.45, 7) is 3.74. The molecule has 0 saturated carbocycles. The van der Waals surface area contributed by atoms with Gasteiger partial charge in [-0.2, -0.15) is 0 Å². The Labute approximate surface area is 201 Å². The lowest BCUT2D eigenvalue weighted by molar-refractivity contribution is -0.135. The Morgan fingerprint density at radius 3 is 2.48 bits per heavy atom. The number of halogens is 1. The summed E-state index contributed by atoms with van der Waals surface area (Å²) in [7, 11) is 0. The van der Waals surface area contributed by atoms with Crippen LogP contribution in [-0.4, -0.2) is 66.5 Å². The van der Waals surface area contributed by atoms with Crippen molar-refractivity contribution < 1.29 is 4.79 Å². The van der Waals surface area contributed by atoms with Crippen molar-refractivity contribution in [1.29, 1.82) is 0 Å². The molecule has 0 radical (unpaired) electrons. The zero-order valence-corrected chi connectivity index (χ0v) is 19.8. The highest BCUT2D eigenvalue weighted by Gasteiger charge is 2.31. The van der Waals surface area contributed by atoms with E-state index in [-0.39, 0.29) is 17.9 Å². The normalized spacial score (nSPS) is 17.5. The number of rotatable bonds is 10. The maximum atomic E-state index is 13.1. The second-order valence-corrected chi connectivity index (χ2v) is 9.03. The smallest absolute Gasteiger partial charge is 0.239 e. The highest BCUT2D eigenvalue weighted by Crippen LogP contribution is 2.18. The molecule has 6 N–H and O–H groups in total. The minimum absolute atomic E-state index is 0.00174. The van der Waals surface area contributed by atoms with Gasteiger partial charge in [0.05, 0.1) is 6.04 Å². The fraction of sp³-hybridized carbons (Fsp3) is 0.440. The zero-order chi connectivity index (χ0) is 23.6. The van der Waals surface area contributed by atoms with Crippen molar-refractivity contribution in [3.8, 4) is 0 Å². The summed E-state index contributed by atoms with van der Waals surface area (Å²) in [5.41, 5.74) is 19.6. The van der Waals surface area contributed by atoms with Gasteiger partial charge in [0, 0.05) is 43.8 Å². The van der Waals surface area contributed by atoms with Gasteiger partial charge in [-0.25, -0.2) is 0 Å². The number of carbonyl (C=O) groups is 1. The van der Waals surface area contributed by atoms with Gasteiger partial charge in [-0.1, -0.05) is 54.1 Å². The van der Waals surface area contributed by atoms with E-state index in [9.17, 15) is 4.79 Å². The maximum absolute atomic E-state index is 13.1. The highest BCUT2D eigenvalue weighted by molar-refractivity contribution is 6.30. The molecule has 1 heterocycles. The molecule has 3 rings (SSSR count). The van der Waals surface area contributed by atoms with Crippen molar-refractivity contribution >= 4 is 23.5 Å². The Morgan fingerprint density at radius 1 is 1.06 bits per heavy atom. The molecular formula is C25H35ClN6O. The van der Waals surface area contributed by atoms with E-state index in [1.165, 1.54) is 5.56 Å². The van der Waals surface area contributed by atoms with Crippen LogP contribution in [0.15, 0.2) is 59.6 Å². The summed E-state index contributed by atoms with van der Waals surface area (Å²) in [5, 5.41) is 0.675. The first-order chi connectivity index (χ1) is 15.9. The van der Waals surface area contributed by atoms with Gasteiger partial charge in [0.1, 0.15) is 0 Å². The van der Waals surface area contributed by atoms with E-state index in [4.69, 9.17) is 28.8 Å². The monoisotopic (exact) mass is 470 g/mol. The molecule has 8 heteroatoms. The summed E-state index contributed by atoms with van der Waals surface area (Å²) < 4.78 is 0. The first-order valence-corrected chi connectivity index (χ1v) is 11.9. The molecule has 0 bridgehead atoms. The van der Waals surface area contributed by atoms with Crippen molar-refractivity contribution in [2.75, 3.05) is 32.7 Å². The first-order valence-electron chi connectivity index (χ1n) is 11.5. The Hall–Kier alpha value is -2.61. The predicted octanol–water partition coefficient (Wildman–Crippen LogP) is 2.02. The van der Waals surface area contributed by atoms with Crippen molar-refractivity contribution in [2.45, 2.75) is 37.8 Å². The van der Waals surface area contributed by atoms with Crippen LogP contribution in [0.25, 0.3) is 0 Å². The van der Waals surface area contributed by atoms with Crippen LogP contribution in [0.5, 0.6) is 0 Å². The summed E-state index contributed by atoms with van der Waals surface area (Å²) in [6.07, 6.45) is 3.26. The van der Waals surface area contributed by atoms with Crippen LogP contribution in [0, 0.1) is 0 Å². The Morgan fingerprint density at radius 2 is 1.79 bits per heavy atom. The van der Waals surface area contributed by atoms with E-state index < -0.39 is 6.04 Å². The summed E-state index contributed by atoms with van der Waals surface area (Å²) in [6, 6.07) is 17.7. The average Bonchev–Trinajstić information content (AvgIpc) is 2.82. The lowest BCUT2D eigenvalue weighted by Gasteiger charge is -2.42. The summed E-state index contributed by atoms with van der Waals surface area (Å²) in [4.78, 5) is 21.6. The topological polar surface area (TPSA) is 114 Å². The molecule has 1 aliphatic rings. The third-order valence-electron chi connectivity index (χ3n) is 6.12. The largest absolute Gasteiger partial charge is 0.370 e. The SMILES string of the molecule is NC(N)=NCCCC1CN(C(=O)C(N)Cc2ccc(Cl)cc2)CCN1CCc1ccccc1. The van der Waals surface area contributed by atoms with Crippen LogP contribution in [-0.2, 0) is 17.6 Å². The number of piperazine rings is 1. The molecule has 1 amide bonds. The van der Waals surface area contributed by atoms with Crippen LogP contribution < -0.4 is 17.2 Å². The standard InChI is InChI=1S/C25H35ClN6O/c26-21-10-8-20(9-11-21)17-23(27)24(33)32-16-15-31(14-12-19-5-2-1-3-6-19)22(18-32)7-4-13-30-25(28)29/h1-3,5-6,8-11,22-23H,4,7,12-18,27H2,(H4,28,29,30). The fourth-order valence-corrected chi connectivity index (χ4v) is 4.44. The lowest BCUT2D eigenvalue weighted by atomic mass is 10.0. The summed E-state index contributed by atoms with van der Waals surface area (Å²) >= 11 is 5.96. The van der Waals surface area contributed by atoms with Crippen molar-refractivity contribution in [3.05, 3.63) is 70.7 Å². The van der Waals surface area contributed by atoms with Gasteiger partial charge < -0.3 is 22.1 Å². The van der Waals surface area contributed by atoms with E-state index in [0.29, 0.717) is 31.1 Å². The minimum Gasteiger partial charge on any atom is -0.370 e. The van der Waals surface area contributed by atoms with Crippen molar-refractivity contribution in [1.82, 2.24) is 9.80 Å². The number of nitrogens with zero attached hydrogens (tertiary/aromatic N) is 3. The molecule has 1 aliphatic heterocycles. The number of hydrogen-bond acceptors (Lipinski definition) is 4. The Bertz CT molecular complexity index is 901. The Kier molecular flexibility index (Phi) is 9.54. The van der Waals surface area contributed by atoms with E-state index in [1.54, 1.807) is 0 Å². The number of aliphatic imine (C=N–C) groups is 1. The van der Waals surface area contributed by atoms with Crippen molar-refractivity contribution in [3.63, 3.8) is 0 Å². The number of nitrogens with two attached hydrogens (primary N) is 3. The van der Waals surface area contributed by atoms with E-state index in [0.717, 1.165) is 37.9 Å². The zero-order valence-electron chi connectivity index (χ0n) is 19.1. The second kappa shape index (κ2) is 12.6. The van der Waals surface area contributed by atoms with Gasteiger partial charge in [0.2, 0.25) is 5.91 Å². The van der Waals surface area contributed by atoms with E-state index in [2.05, 4.69) is 34.2 Å². The van der Waals surface area contributed by atoms with Gasteiger partial charge in [0.25, 0.3) is 0 Å². The van der Waals surface area contributed by atoms with E-state index >= 15 is 0 Å². The molecule has 2 unspecified atom stereocenters. The third-order valence-corrected chi connectivity index (χ3v) is 6.37. The first kappa shape index (κ1) is 25.0. The van der Waals surface area contributed by atoms with Crippen LogP contribution in [0.1, 0.15) is 24.0 Å². The lowest BCUT2D eigenvalue weighted by Crippen LogP contribution is -2.58. The second-order valence-electron chi connectivity index (χ2n) is 8.60. The third kappa shape index (κ3) is 8.03. The van der Waals surface area contributed by atoms with Gasteiger partial charge in [-0.15, -0.1) is 0 Å². The highest BCUT2D eigenvalue weighted by atomic mass is 35.5. The number of benzene rings is 2. The minimum atomic E-state index is -0.565. The molecule has 0 aromatic heterocycles. The van der Waals surface area contributed by atoms with Gasteiger partial charge in [-0.3, -0.25) is 14.7 Å².